The van der Waals surface area contributed by atoms with Crippen LogP contribution >= 0.6 is 0 Å². The highest BCUT2D eigenvalue weighted by Gasteiger charge is 2.21. The normalized spacial score (nSPS) is 12.9. The Labute approximate surface area is 165 Å². The second-order valence-electron chi connectivity index (χ2n) is 6.68. The number of ether oxygens (including phenoxy) is 3. The van der Waals surface area contributed by atoms with Crippen LogP contribution in [0.3, 0.4) is 0 Å². The highest BCUT2D eigenvalue weighted by molar-refractivity contribution is 5.81. The zero-order valence-electron chi connectivity index (χ0n) is 16.3. The molecule has 3 rings (SSSR count). The summed E-state index contributed by atoms with van der Waals surface area (Å²) in [5.41, 5.74) is 3.37. The van der Waals surface area contributed by atoms with Crippen LogP contribution < -0.4 is 9.47 Å². The van der Waals surface area contributed by atoms with Crippen LogP contribution in [-0.4, -0.2) is 44.1 Å². The van der Waals surface area contributed by atoms with E-state index in [1.54, 1.807) is 25.2 Å². The van der Waals surface area contributed by atoms with Gasteiger partial charge in [-0.05, 0) is 41.7 Å². The Morgan fingerprint density at radius 2 is 1.75 bits per heavy atom. The van der Waals surface area contributed by atoms with E-state index < -0.39 is 0 Å². The lowest BCUT2D eigenvalue weighted by Crippen LogP contribution is -2.38. The largest absolute Gasteiger partial charge is 0.493 e. The fourth-order valence-electron chi connectivity index (χ4n) is 3.30. The summed E-state index contributed by atoms with van der Waals surface area (Å²) < 4.78 is 15.6. The zero-order valence-corrected chi connectivity index (χ0v) is 16.3. The number of amides is 1. The summed E-state index contributed by atoms with van der Waals surface area (Å²) in [6, 6.07) is 13.6. The Morgan fingerprint density at radius 3 is 2.50 bits per heavy atom. The molecule has 2 aromatic carbocycles. The van der Waals surface area contributed by atoms with Crippen LogP contribution in [0.15, 0.2) is 42.5 Å². The number of benzene rings is 2. The highest BCUT2D eigenvalue weighted by atomic mass is 16.5. The van der Waals surface area contributed by atoms with Crippen LogP contribution in [0, 0.1) is 0 Å². The average molecular weight is 383 g/mol. The van der Waals surface area contributed by atoms with E-state index in [1.807, 2.05) is 30.3 Å². The van der Waals surface area contributed by atoms with E-state index in [2.05, 4.69) is 6.07 Å². The van der Waals surface area contributed by atoms with Gasteiger partial charge in [-0.15, -0.1) is 0 Å². The topological polar surface area (TPSA) is 65.1 Å². The lowest BCUT2D eigenvalue weighted by molar-refractivity contribution is -0.152. The molecule has 0 saturated carbocycles. The van der Waals surface area contributed by atoms with E-state index in [9.17, 15) is 9.59 Å². The average Bonchev–Trinajstić information content (AvgIpc) is 2.75. The van der Waals surface area contributed by atoms with Gasteiger partial charge in [0, 0.05) is 19.5 Å². The first-order valence-electron chi connectivity index (χ1n) is 9.32. The predicted molar refractivity (Wildman–Crippen MR) is 104 cm³/mol. The van der Waals surface area contributed by atoms with Gasteiger partial charge in [0.15, 0.2) is 18.1 Å². The van der Waals surface area contributed by atoms with Crippen molar-refractivity contribution in [2.45, 2.75) is 25.8 Å². The Bertz CT molecular complexity index is 849. The fraction of sp³-hybridized carbons (Fsp3) is 0.364. The molecule has 0 aromatic heterocycles. The molecule has 1 amide bonds. The Balaban J connectivity index is 1.45. The van der Waals surface area contributed by atoms with Crippen molar-refractivity contribution in [1.29, 1.82) is 0 Å². The lowest BCUT2D eigenvalue weighted by Gasteiger charge is -2.28. The number of hydrogen-bond acceptors (Lipinski definition) is 5. The van der Waals surface area contributed by atoms with Crippen molar-refractivity contribution in [2.24, 2.45) is 0 Å². The molecule has 148 valence electrons. The van der Waals surface area contributed by atoms with E-state index in [0.29, 0.717) is 31.0 Å². The molecule has 0 N–H and O–H groups in total. The van der Waals surface area contributed by atoms with Gasteiger partial charge < -0.3 is 19.1 Å². The number of methoxy groups -OCH3 is 2. The second kappa shape index (κ2) is 9.26. The van der Waals surface area contributed by atoms with E-state index in [-0.39, 0.29) is 24.9 Å². The monoisotopic (exact) mass is 383 g/mol. The van der Waals surface area contributed by atoms with Crippen molar-refractivity contribution < 1.29 is 23.8 Å². The molecule has 0 spiro atoms. The standard InChI is InChI=1S/C22H25NO5/c1-26-19-9-7-16(13-20(19)27-2)8-10-22(25)28-15-21(24)23-12-11-17-5-3-4-6-18(17)14-23/h3-7,9,13H,8,10-12,14-15H2,1-2H3. The maximum absolute atomic E-state index is 12.4. The zero-order chi connectivity index (χ0) is 19.9. The van der Waals surface area contributed by atoms with Gasteiger partial charge in [0.05, 0.1) is 14.2 Å². The first-order valence-corrected chi connectivity index (χ1v) is 9.32. The van der Waals surface area contributed by atoms with E-state index >= 15 is 0 Å². The molecule has 28 heavy (non-hydrogen) atoms. The van der Waals surface area contributed by atoms with Crippen molar-refractivity contribution in [3.05, 3.63) is 59.2 Å². The van der Waals surface area contributed by atoms with Gasteiger partial charge in [-0.25, -0.2) is 0 Å². The number of fused-ring (bicyclic) bond motifs is 1. The molecule has 0 atom stereocenters. The molecule has 1 heterocycles. The van der Waals surface area contributed by atoms with Crippen molar-refractivity contribution in [2.75, 3.05) is 27.4 Å². The third-order valence-electron chi connectivity index (χ3n) is 4.91. The lowest BCUT2D eigenvalue weighted by atomic mass is 10.00. The molecule has 2 aromatic rings. The Kier molecular flexibility index (Phi) is 6.53. The molecule has 6 heteroatoms. The van der Waals surface area contributed by atoms with Crippen molar-refractivity contribution in [3.8, 4) is 11.5 Å². The third-order valence-corrected chi connectivity index (χ3v) is 4.91. The van der Waals surface area contributed by atoms with E-state index in [4.69, 9.17) is 14.2 Å². The molecule has 0 radical (unpaired) electrons. The number of aryl methyl sites for hydroxylation is 1. The van der Waals surface area contributed by atoms with Crippen LogP contribution in [0.5, 0.6) is 11.5 Å². The summed E-state index contributed by atoms with van der Waals surface area (Å²) in [4.78, 5) is 26.1. The smallest absolute Gasteiger partial charge is 0.306 e. The van der Waals surface area contributed by atoms with Gasteiger partial charge in [-0.3, -0.25) is 9.59 Å². The van der Waals surface area contributed by atoms with Crippen LogP contribution in [0.2, 0.25) is 0 Å². The SMILES string of the molecule is COc1ccc(CCC(=O)OCC(=O)N2CCc3ccccc3C2)cc1OC. The maximum Gasteiger partial charge on any atom is 0.306 e. The minimum atomic E-state index is -0.388. The summed E-state index contributed by atoms with van der Waals surface area (Å²) in [6.07, 6.45) is 1.53. The van der Waals surface area contributed by atoms with Crippen molar-refractivity contribution in [3.63, 3.8) is 0 Å². The molecule has 1 aliphatic rings. The molecule has 0 unspecified atom stereocenters. The summed E-state index contributed by atoms with van der Waals surface area (Å²) in [6.45, 7) is 1.00. The quantitative estimate of drug-likeness (QED) is 0.688. The minimum absolute atomic E-state index is 0.158. The number of esters is 1. The number of nitrogens with zero attached hydrogens (tertiary/aromatic N) is 1. The van der Waals surface area contributed by atoms with Gasteiger partial charge in [0.2, 0.25) is 0 Å². The maximum atomic E-state index is 12.4. The Morgan fingerprint density at radius 1 is 1.00 bits per heavy atom. The first-order chi connectivity index (χ1) is 13.6. The van der Waals surface area contributed by atoms with E-state index in [1.165, 1.54) is 5.56 Å². The summed E-state index contributed by atoms with van der Waals surface area (Å²) in [5, 5.41) is 0. The summed E-state index contributed by atoms with van der Waals surface area (Å²) in [7, 11) is 3.15. The predicted octanol–water partition coefficient (Wildman–Crippen LogP) is 2.76. The van der Waals surface area contributed by atoms with Gasteiger partial charge in [-0.2, -0.15) is 0 Å². The van der Waals surface area contributed by atoms with Gasteiger partial charge in [0.25, 0.3) is 5.91 Å². The third kappa shape index (κ3) is 4.82. The molecule has 1 aliphatic heterocycles. The summed E-state index contributed by atoms with van der Waals surface area (Å²) >= 11 is 0. The summed E-state index contributed by atoms with van der Waals surface area (Å²) in [5.74, 6) is 0.714. The van der Waals surface area contributed by atoms with E-state index in [0.717, 1.165) is 17.5 Å². The van der Waals surface area contributed by atoms with Crippen LogP contribution in [0.4, 0.5) is 0 Å². The van der Waals surface area contributed by atoms with Gasteiger partial charge >= 0.3 is 5.97 Å². The molecule has 0 fully saturated rings. The number of carbonyl (C=O) groups is 2. The Hall–Kier alpha value is -3.02. The van der Waals surface area contributed by atoms with Crippen molar-refractivity contribution in [1.82, 2.24) is 4.90 Å². The number of hydrogen-bond donors (Lipinski definition) is 0. The molecular weight excluding hydrogens is 358 g/mol. The number of carbonyl (C=O) groups excluding carboxylic acids is 2. The van der Waals surface area contributed by atoms with Crippen molar-refractivity contribution >= 4 is 11.9 Å². The van der Waals surface area contributed by atoms with Crippen LogP contribution in [-0.2, 0) is 33.7 Å². The number of rotatable bonds is 7. The highest BCUT2D eigenvalue weighted by Crippen LogP contribution is 2.28. The van der Waals surface area contributed by atoms with Crippen LogP contribution in [0.1, 0.15) is 23.1 Å². The fourth-order valence-corrected chi connectivity index (χ4v) is 3.30. The van der Waals surface area contributed by atoms with Gasteiger partial charge in [0.1, 0.15) is 0 Å². The van der Waals surface area contributed by atoms with Gasteiger partial charge in [-0.1, -0.05) is 30.3 Å². The molecule has 0 aliphatic carbocycles. The molecule has 6 nitrogen and oxygen atoms in total. The minimum Gasteiger partial charge on any atom is -0.493 e. The molecule has 0 saturated heterocycles. The second-order valence-corrected chi connectivity index (χ2v) is 6.68. The molecular formula is C22H25NO5. The first kappa shape index (κ1) is 19.7. The van der Waals surface area contributed by atoms with Crippen LogP contribution in [0.25, 0.3) is 0 Å². The molecule has 0 bridgehead atoms.